The second-order valence-corrected chi connectivity index (χ2v) is 5.28. The highest BCUT2D eigenvalue weighted by molar-refractivity contribution is 6.30. The molecule has 2 aromatic carbocycles. The summed E-state index contributed by atoms with van der Waals surface area (Å²) in [6.45, 7) is 0.780. The van der Waals surface area contributed by atoms with E-state index in [1.165, 1.54) is 0 Å². The van der Waals surface area contributed by atoms with Gasteiger partial charge in [0.15, 0.2) is 0 Å². The van der Waals surface area contributed by atoms with Crippen molar-refractivity contribution in [1.29, 1.82) is 0 Å². The third-order valence-corrected chi connectivity index (χ3v) is 3.46. The molecular weight excluding hydrogens is 316 g/mol. The highest BCUT2D eigenvalue weighted by atomic mass is 35.5. The van der Waals surface area contributed by atoms with Gasteiger partial charge in [0.05, 0.1) is 26.5 Å². The Bertz CT molecular complexity index is 659. The van der Waals surface area contributed by atoms with Gasteiger partial charge in [0.2, 0.25) is 5.91 Å². The third-order valence-electron chi connectivity index (χ3n) is 3.21. The molecule has 0 spiro atoms. The Kier molecular flexibility index (Phi) is 6.26. The number of anilines is 1. The van der Waals surface area contributed by atoms with E-state index < -0.39 is 0 Å². The van der Waals surface area contributed by atoms with Gasteiger partial charge in [-0.1, -0.05) is 23.7 Å². The van der Waals surface area contributed by atoms with E-state index in [9.17, 15) is 4.79 Å². The van der Waals surface area contributed by atoms with E-state index in [0.29, 0.717) is 28.8 Å². The molecule has 2 N–H and O–H groups in total. The number of methoxy groups -OCH3 is 2. The first-order chi connectivity index (χ1) is 11.1. The lowest BCUT2D eigenvalue weighted by molar-refractivity contribution is -0.115. The zero-order chi connectivity index (χ0) is 16.7. The number of nitrogens with one attached hydrogen (secondary N) is 2. The SMILES string of the molecule is COc1ccc(NC(=O)CNCc2ccc(Cl)cc2)c(OC)c1. The van der Waals surface area contributed by atoms with Crippen molar-refractivity contribution in [3.8, 4) is 11.5 Å². The predicted molar refractivity (Wildman–Crippen MR) is 91.3 cm³/mol. The molecule has 0 aromatic heterocycles. The summed E-state index contributed by atoms with van der Waals surface area (Å²) in [7, 11) is 3.12. The van der Waals surface area contributed by atoms with Crippen molar-refractivity contribution in [3.05, 3.63) is 53.1 Å². The lowest BCUT2D eigenvalue weighted by atomic mass is 10.2. The minimum atomic E-state index is -0.151. The van der Waals surface area contributed by atoms with Crippen molar-refractivity contribution in [2.45, 2.75) is 6.54 Å². The molecule has 0 atom stereocenters. The second-order valence-electron chi connectivity index (χ2n) is 4.84. The smallest absolute Gasteiger partial charge is 0.238 e. The first kappa shape index (κ1) is 17.1. The molecule has 0 aliphatic rings. The molecule has 0 aliphatic heterocycles. The molecule has 0 fully saturated rings. The van der Waals surface area contributed by atoms with Gasteiger partial charge in [-0.2, -0.15) is 0 Å². The monoisotopic (exact) mass is 334 g/mol. The number of benzene rings is 2. The largest absolute Gasteiger partial charge is 0.497 e. The summed E-state index contributed by atoms with van der Waals surface area (Å²) >= 11 is 5.83. The summed E-state index contributed by atoms with van der Waals surface area (Å²) in [6, 6.07) is 12.7. The molecular formula is C17H19ClN2O3. The summed E-state index contributed by atoms with van der Waals surface area (Å²) in [5.41, 5.74) is 1.66. The van der Waals surface area contributed by atoms with Crippen LogP contribution in [0.4, 0.5) is 5.69 Å². The van der Waals surface area contributed by atoms with E-state index in [0.717, 1.165) is 5.56 Å². The fourth-order valence-corrected chi connectivity index (χ4v) is 2.14. The average molecular weight is 335 g/mol. The van der Waals surface area contributed by atoms with Gasteiger partial charge in [0.25, 0.3) is 0 Å². The van der Waals surface area contributed by atoms with E-state index >= 15 is 0 Å². The molecule has 0 saturated carbocycles. The molecule has 0 unspecified atom stereocenters. The van der Waals surface area contributed by atoms with Crippen LogP contribution in [-0.4, -0.2) is 26.7 Å². The Morgan fingerprint density at radius 1 is 1.09 bits per heavy atom. The van der Waals surface area contributed by atoms with Crippen molar-refractivity contribution >= 4 is 23.2 Å². The van der Waals surface area contributed by atoms with E-state index in [1.54, 1.807) is 32.4 Å². The molecule has 0 bridgehead atoms. The number of halogens is 1. The van der Waals surface area contributed by atoms with Gasteiger partial charge in [-0.25, -0.2) is 0 Å². The lowest BCUT2D eigenvalue weighted by Crippen LogP contribution is -2.27. The molecule has 122 valence electrons. The molecule has 0 radical (unpaired) electrons. The van der Waals surface area contributed by atoms with Crippen LogP contribution in [0, 0.1) is 0 Å². The van der Waals surface area contributed by atoms with Gasteiger partial charge in [0, 0.05) is 17.6 Å². The van der Waals surface area contributed by atoms with Crippen molar-refractivity contribution in [1.82, 2.24) is 5.32 Å². The highest BCUT2D eigenvalue weighted by Crippen LogP contribution is 2.28. The number of carbonyl (C=O) groups excluding carboxylic acids is 1. The summed E-state index contributed by atoms with van der Waals surface area (Å²) in [5, 5.41) is 6.58. The molecule has 1 amide bonds. The highest BCUT2D eigenvalue weighted by Gasteiger charge is 2.08. The van der Waals surface area contributed by atoms with Gasteiger partial charge >= 0.3 is 0 Å². The first-order valence-electron chi connectivity index (χ1n) is 7.09. The summed E-state index contributed by atoms with van der Waals surface area (Å²) in [4.78, 5) is 12.0. The van der Waals surface area contributed by atoms with Crippen molar-refractivity contribution in [3.63, 3.8) is 0 Å². The van der Waals surface area contributed by atoms with Crippen LogP contribution >= 0.6 is 11.6 Å². The second kappa shape index (κ2) is 8.41. The molecule has 6 heteroatoms. The quantitative estimate of drug-likeness (QED) is 0.817. The topological polar surface area (TPSA) is 59.6 Å². The van der Waals surface area contributed by atoms with Crippen LogP contribution in [0.1, 0.15) is 5.56 Å². The van der Waals surface area contributed by atoms with Gasteiger partial charge < -0.3 is 20.1 Å². The molecule has 0 aliphatic carbocycles. The standard InChI is InChI=1S/C17H19ClN2O3/c1-22-14-7-8-15(16(9-14)23-2)20-17(21)11-19-10-12-3-5-13(18)6-4-12/h3-9,19H,10-11H2,1-2H3,(H,20,21). The van der Waals surface area contributed by atoms with E-state index in [2.05, 4.69) is 10.6 Å². The first-order valence-corrected chi connectivity index (χ1v) is 7.47. The van der Waals surface area contributed by atoms with Crippen LogP contribution in [0.5, 0.6) is 11.5 Å². The van der Waals surface area contributed by atoms with E-state index in [1.807, 2.05) is 24.3 Å². The predicted octanol–water partition coefficient (Wildman–Crippen LogP) is 3.09. The summed E-state index contributed by atoms with van der Waals surface area (Å²) < 4.78 is 10.4. The number of hydrogen-bond donors (Lipinski definition) is 2. The van der Waals surface area contributed by atoms with Crippen molar-refractivity contribution < 1.29 is 14.3 Å². The van der Waals surface area contributed by atoms with Gasteiger partial charge in [-0.15, -0.1) is 0 Å². The molecule has 0 heterocycles. The Hall–Kier alpha value is -2.24. The van der Waals surface area contributed by atoms with Crippen LogP contribution in [0.2, 0.25) is 5.02 Å². The maximum Gasteiger partial charge on any atom is 0.238 e. The molecule has 0 saturated heterocycles. The number of carbonyl (C=O) groups is 1. The normalized spacial score (nSPS) is 10.2. The average Bonchev–Trinajstić information content (AvgIpc) is 2.57. The van der Waals surface area contributed by atoms with Crippen LogP contribution < -0.4 is 20.1 Å². The van der Waals surface area contributed by atoms with Crippen molar-refractivity contribution in [2.75, 3.05) is 26.1 Å². The minimum absolute atomic E-state index is 0.151. The number of amides is 1. The number of hydrogen-bond acceptors (Lipinski definition) is 4. The maximum atomic E-state index is 12.0. The Balaban J connectivity index is 1.86. The zero-order valence-corrected chi connectivity index (χ0v) is 13.8. The zero-order valence-electron chi connectivity index (χ0n) is 13.1. The Morgan fingerprint density at radius 3 is 2.48 bits per heavy atom. The van der Waals surface area contributed by atoms with Gasteiger partial charge in [-0.05, 0) is 29.8 Å². The summed E-state index contributed by atoms with van der Waals surface area (Å²) in [6.07, 6.45) is 0. The number of rotatable bonds is 7. The molecule has 5 nitrogen and oxygen atoms in total. The van der Waals surface area contributed by atoms with Crippen LogP contribution in [0.3, 0.4) is 0 Å². The summed E-state index contributed by atoms with van der Waals surface area (Å²) in [5.74, 6) is 1.07. The fraction of sp³-hybridized carbons (Fsp3) is 0.235. The lowest BCUT2D eigenvalue weighted by Gasteiger charge is -2.12. The Labute approximate surface area is 140 Å². The molecule has 23 heavy (non-hydrogen) atoms. The van der Waals surface area contributed by atoms with E-state index in [-0.39, 0.29) is 12.5 Å². The van der Waals surface area contributed by atoms with Gasteiger partial charge in [-0.3, -0.25) is 4.79 Å². The van der Waals surface area contributed by atoms with Crippen molar-refractivity contribution in [2.24, 2.45) is 0 Å². The van der Waals surface area contributed by atoms with Crippen LogP contribution in [0.25, 0.3) is 0 Å². The maximum absolute atomic E-state index is 12.0. The fourth-order valence-electron chi connectivity index (χ4n) is 2.02. The third kappa shape index (κ3) is 5.16. The molecule has 2 rings (SSSR count). The van der Waals surface area contributed by atoms with E-state index in [4.69, 9.17) is 21.1 Å². The van der Waals surface area contributed by atoms with Crippen LogP contribution in [-0.2, 0) is 11.3 Å². The number of ether oxygens (including phenoxy) is 2. The molecule has 2 aromatic rings. The minimum Gasteiger partial charge on any atom is -0.497 e. The van der Waals surface area contributed by atoms with Gasteiger partial charge in [0.1, 0.15) is 11.5 Å². The Morgan fingerprint density at radius 2 is 1.83 bits per heavy atom. The van der Waals surface area contributed by atoms with Crippen LogP contribution in [0.15, 0.2) is 42.5 Å².